The second kappa shape index (κ2) is 7.55. The molecule has 134 valence electrons. The van der Waals surface area contributed by atoms with Gasteiger partial charge >= 0.3 is 0 Å². The van der Waals surface area contributed by atoms with Crippen LogP contribution in [-0.4, -0.2) is 46.6 Å². The number of hydrogen-bond acceptors (Lipinski definition) is 6. The molecule has 2 aromatic rings. The van der Waals surface area contributed by atoms with Gasteiger partial charge in [0, 0.05) is 18.2 Å². The van der Waals surface area contributed by atoms with Crippen LogP contribution in [0.2, 0.25) is 0 Å². The summed E-state index contributed by atoms with van der Waals surface area (Å²) in [7, 11) is 0. The lowest BCUT2D eigenvalue weighted by molar-refractivity contribution is 0.0985. The Bertz CT molecular complexity index is 759. The number of nitrogens with zero attached hydrogens (tertiary/aromatic N) is 3. The second-order valence-corrected chi connectivity index (χ2v) is 7.55. The summed E-state index contributed by atoms with van der Waals surface area (Å²) < 4.78 is 31.0. The molecule has 0 bridgehead atoms. The Labute approximate surface area is 149 Å². The number of nitrogens with two attached hydrogens (primary N) is 1. The third kappa shape index (κ3) is 4.20. The maximum Gasteiger partial charge on any atom is 0.162 e. The molecule has 0 saturated carbocycles. The molecule has 1 fully saturated rings. The Morgan fingerprint density at radius 1 is 1.40 bits per heavy atom. The molecule has 1 saturated heterocycles. The van der Waals surface area contributed by atoms with Gasteiger partial charge in [-0.05, 0) is 25.1 Å². The second-order valence-electron chi connectivity index (χ2n) is 6.11. The first kappa shape index (κ1) is 17.9. The number of rotatable bonds is 4. The summed E-state index contributed by atoms with van der Waals surface area (Å²) in [6, 6.07) is 6.52. The van der Waals surface area contributed by atoms with Crippen molar-refractivity contribution in [2.24, 2.45) is 0 Å². The van der Waals surface area contributed by atoms with E-state index in [-0.39, 0.29) is 11.7 Å². The summed E-state index contributed by atoms with van der Waals surface area (Å²) in [5.41, 5.74) is 6.83. The van der Waals surface area contributed by atoms with Crippen LogP contribution in [0.4, 0.5) is 15.9 Å². The number of benzene rings is 1. The minimum atomic E-state index is -1.04. The number of halogens is 1. The van der Waals surface area contributed by atoms with Crippen molar-refractivity contribution in [2.75, 3.05) is 36.6 Å². The maximum atomic E-state index is 13.8. The van der Waals surface area contributed by atoms with Crippen LogP contribution in [0.3, 0.4) is 0 Å². The number of nitrogen functional groups attached to an aromatic ring is 1. The normalized spacial score (nSPS) is 19.0. The Morgan fingerprint density at radius 3 is 2.88 bits per heavy atom. The molecule has 3 rings (SSSR count). The Balaban J connectivity index is 2.04. The average molecular weight is 364 g/mol. The van der Waals surface area contributed by atoms with E-state index in [1.54, 1.807) is 12.3 Å². The predicted octanol–water partition coefficient (Wildman–Crippen LogP) is 1.97. The molecule has 0 spiro atoms. The molecule has 6 nitrogen and oxygen atoms in total. The van der Waals surface area contributed by atoms with Gasteiger partial charge in [0.15, 0.2) is 5.82 Å². The third-order valence-electron chi connectivity index (χ3n) is 4.04. The minimum absolute atomic E-state index is 0.0802. The molecule has 0 amide bonds. The highest BCUT2D eigenvalue weighted by atomic mass is 32.2. The van der Waals surface area contributed by atoms with Crippen LogP contribution in [-0.2, 0) is 21.7 Å². The highest BCUT2D eigenvalue weighted by Gasteiger charge is 2.22. The van der Waals surface area contributed by atoms with Crippen molar-refractivity contribution >= 4 is 22.7 Å². The molecule has 2 heterocycles. The minimum Gasteiger partial charge on any atom is -0.616 e. The number of anilines is 2. The molecule has 25 heavy (non-hydrogen) atoms. The summed E-state index contributed by atoms with van der Waals surface area (Å²) in [4.78, 5) is 11.2. The molecule has 1 aromatic carbocycles. The van der Waals surface area contributed by atoms with Crippen LogP contribution in [0.1, 0.15) is 12.6 Å². The van der Waals surface area contributed by atoms with Gasteiger partial charge in [-0.1, -0.05) is 11.2 Å². The van der Waals surface area contributed by atoms with Gasteiger partial charge in [-0.2, -0.15) is 0 Å². The quantitative estimate of drug-likeness (QED) is 0.659. The van der Waals surface area contributed by atoms with Crippen LogP contribution >= 0.6 is 0 Å². The SMILES string of the molecule is C[C@H]1COCCN1c1cc(C[S+](C)[O-])nc(-c2ccc(N)c(F)c2)n1. The predicted molar refractivity (Wildman–Crippen MR) is 97.2 cm³/mol. The van der Waals surface area contributed by atoms with Crippen molar-refractivity contribution in [2.45, 2.75) is 18.7 Å². The first-order valence-electron chi connectivity index (χ1n) is 8.02. The van der Waals surface area contributed by atoms with Gasteiger partial charge in [-0.25, -0.2) is 14.4 Å². The summed E-state index contributed by atoms with van der Waals surface area (Å²) in [5.74, 6) is 0.944. The molecule has 2 N–H and O–H groups in total. The van der Waals surface area contributed by atoms with Crippen molar-refractivity contribution < 1.29 is 13.7 Å². The lowest BCUT2D eigenvalue weighted by Gasteiger charge is -2.34. The van der Waals surface area contributed by atoms with E-state index in [0.717, 1.165) is 5.82 Å². The zero-order chi connectivity index (χ0) is 18.0. The van der Waals surface area contributed by atoms with Crippen molar-refractivity contribution in [1.29, 1.82) is 0 Å². The summed E-state index contributed by atoms with van der Waals surface area (Å²) >= 11 is -1.04. The maximum absolute atomic E-state index is 13.8. The highest BCUT2D eigenvalue weighted by molar-refractivity contribution is 7.89. The van der Waals surface area contributed by atoms with Crippen molar-refractivity contribution in [3.63, 3.8) is 0 Å². The molecule has 8 heteroatoms. The van der Waals surface area contributed by atoms with E-state index in [1.165, 1.54) is 12.1 Å². The van der Waals surface area contributed by atoms with Crippen molar-refractivity contribution in [1.82, 2.24) is 9.97 Å². The molecule has 2 atom stereocenters. The van der Waals surface area contributed by atoms with E-state index in [9.17, 15) is 8.94 Å². The van der Waals surface area contributed by atoms with E-state index < -0.39 is 17.0 Å². The Morgan fingerprint density at radius 2 is 2.20 bits per heavy atom. The summed E-state index contributed by atoms with van der Waals surface area (Å²) in [6.07, 6.45) is 1.63. The van der Waals surface area contributed by atoms with Gasteiger partial charge in [0.1, 0.15) is 17.4 Å². The lowest BCUT2D eigenvalue weighted by Crippen LogP contribution is -2.44. The fourth-order valence-electron chi connectivity index (χ4n) is 2.78. The summed E-state index contributed by atoms with van der Waals surface area (Å²) in [6.45, 7) is 4.00. The van der Waals surface area contributed by atoms with Crippen molar-refractivity contribution in [3.8, 4) is 11.4 Å². The molecule has 1 unspecified atom stereocenters. The van der Waals surface area contributed by atoms with E-state index >= 15 is 0 Å². The molecule has 0 aliphatic carbocycles. The van der Waals surface area contributed by atoms with Crippen molar-refractivity contribution in [3.05, 3.63) is 35.8 Å². The van der Waals surface area contributed by atoms with E-state index in [2.05, 4.69) is 21.8 Å². The van der Waals surface area contributed by atoms with Gasteiger partial charge in [0.05, 0.1) is 36.9 Å². The van der Waals surface area contributed by atoms with Gasteiger partial charge in [0.2, 0.25) is 0 Å². The molecular weight excluding hydrogens is 343 g/mol. The van der Waals surface area contributed by atoms with E-state index in [4.69, 9.17) is 10.5 Å². The number of aromatic nitrogens is 2. The number of morpholine rings is 1. The van der Waals surface area contributed by atoms with Gasteiger partial charge in [-0.3, -0.25) is 0 Å². The number of ether oxygens (including phenoxy) is 1. The fourth-order valence-corrected chi connectivity index (χ4v) is 3.34. The smallest absolute Gasteiger partial charge is 0.162 e. The Kier molecular flexibility index (Phi) is 5.41. The summed E-state index contributed by atoms with van der Waals surface area (Å²) in [5, 5.41) is 0. The topological polar surface area (TPSA) is 87.3 Å². The first-order chi connectivity index (χ1) is 11.9. The van der Waals surface area contributed by atoms with Crippen LogP contribution in [0, 0.1) is 5.82 Å². The van der Waals surface area contributed by atoms with Crippen LogP contribution < -0.4 is 10.6 Å². The molecule has 1 aliphatic rings. The molecule has 1 aliphatic heterocycles. The fraction of sp³-hybridized carbons (Fsp3) is 0.412. The van der Waals surface area contributed by atoms with Crippen LogP contribution in [0.25, 0.3) is 11.4 Å². The van der Waals surface area contributed by atoms with Crippen LogP contribution in [0.15, 0.2) is 24.3 Å². The number of hydrogen-bond donors (Lipinski definition) is 1. The molecular formula is C17H21FN4O2S. The van der Waals surface area contributed by atoms with Gasteiger partial charge < -0.3 is 19.9 Å². The third-order valence-corrected chi connectivity index (χ3v) is 4.74. The molecule has 1 aromatic heterocycles. The zero-order valence-corrected chi connectivity index (χ0v) is 15.1. The largest absolute Gasteiger partial charge is 0.616 e. The monoisotopic (exact) mass is 364 g/mol. The first-order valence-corrected chi connectivity index (χ1v) is 9.74. The van der Waals surface area contributed by atoms with Gasteiger partial charge in [0.25, 0.3) is 0 Å². The van der Waals surface area contributed by atoms with Crippen LogP contribution in [0.5, 0.6) is 0 Å². The zero-order valence-electron chi connectivity index (χ0n) is 14.2. The van der Waals surface area contributed by atoms with Gasteiger partial charge in [-0.15, -0.1) is 0 Å². The standard InChI is InChI=1S/C17H21FN4O2S/c1-11-9-24-6-5-22(11)16-8-13(10-25(2)23)20-17(21-16)12-3-4-15(19)14(18)7-12/h3-4,7-8,11H,5-6,9-10,19H2,1-2H3/t11-,25?/m0/s1. The lowest BCUT2D eigenvalue weighted by atomic mass is 10.1. The highest BCUT2D eigenvalue weighted by Crippen LogP contribution is 2.25. The van der Waals surface area contributed by atoms with E-state index in [1.807, 2.05) is 6.07 Å². The average Bonchev–Trinajstić information content (AvgIpc) is 2.57. The Hall–Kier alpha value is -1.90. The molecule has 0 radical (unpaired) electrons. The van der Waals surface area contributed by atoms with E-state index in [0.29, 0.717) is 42.6 Å².